The molecule has 19 heavy (non-hydrogen) atoms. The van der Waals surface area contributed by atoms with Crippen LogP contribution in [0.15, 0.2) is 24.3 Å². The van der Waals surface area contributed by atoms with Crippen molar-refractivity contribution in [1.82, 2.24) is 16.0 Å². The van der Waals surface area contributed by atoms with Gasteiger partial charge in [-0.3, -0.25) is 4.79 Å². The van der Waals surface area contributed by atoms with E-state index >= 15 is 0 Å². The SMILES string of the molecule is O=C(CNC(=S)NCc1ccc(F)cc1)NC1CC1. The molecule has 3 N–H and O–H groups in total. The average molecular weight is 281 g/mol. The Morgan fingerprint density at radius 1 is 1.26 bits per heavy atom. The fourth-order valence-electron chi connectivity index (χ4n) is 1.51. The standard InChI is InChI=1S/C13H16FN3OS/c14-10-3-1-9(2-4-10)7-15-13(19)16-8-12(18)17-11-5-6-11/h1-4,11H,5-8H2,(H,17,18)(H2,15,16,19). The molecule has 1 aliphatic carbocycles. The Morgan fingerprint density at radius 2 is 1.95 bits per heavy atom. The van der Waals surface area contributed by atoms with Crippen molar-refractivity contribution in [2.75, 3.05) is 6.54 Å². The average Bonchev–Trinajstić information content (AvgIpc) is 3.19. The number of rotatable bonds is 5. The smallest absolute Gasteiger partial charge is 0.239 e. The molecule has 1 aliphatic rings. The molecule has 1 fully saturated rings. The van der Waals surface area contributed by atoms with E-state index in [1.165, 1.54) is 12.1 Å². The first-order valence-electron chi connectivity index (χ1n) is 6.19. The van der Waals surface area contributed by atoms with E-state index < -0.39 is 0 Å². The molecule has 102 valence electrons. The number of carbonyl (C=O) groups excluding carboxylic acids is 1. The van der Waals surface area contributed by atoms with Gasteiger partial charge in [-0.05, 0) is 42.8 Å². The van der Waals surface area contributed by atoms with E-state index in [1.54, 1.807) is 12.1 Å². The minimum atomic E-state index is -0.263. The Balaban J connectivity index is 1.63. The number of carbonyl (C=O) groups is 1. The zero-order chi connectivity index (χ0) is 13.7. The van der Waals surface area contributed by atoms with E-state index in [0.717, 1.165) is 18.4 Å². The van der Waals surface area contributed by atoms with Crippen LogP contribution in [-0.2, 0) is 11.3 Å². The van der Waals surface area contributed by atoms with Crippen LogP contribution in [0.4, 0.5) is 4.39 Å². The second-order valence-electron chi connectivity index (χ2n) is 4.50. The molecule has 0 radical (unpaired) electrons. The van der Waals surface area contributed by atoms with Crippen molar-refractivity contribution < 1.29 is 9.18 Å². The first kappa shape index (κ1) is 13.7. The van der Waals surface area contributed by atoms with Crippen LogP contribution in [0, 0.1) is 5.82 Å². The molecule has 1 amide bonds. The quantitative estimate of drug-likeness (QED) is 0.707. The maximum atomic E-state index is 12.7. The molecule has 0 saturated heterocycles. The van der Waals surface area contributed by atoms with Gasteiger partial charge in [0, 0.05) is 12.6 Å². The Labute approximate surface area is 116 Å². The van der Waals surface area contributed by atoms with E-state index in [9.17, 15) is 9.18 Å². The molecule has 1 aromatic carbocycles. The number of nitrogens with one attached hydrogen (secondary N) is 3. The lowest BCUT2D eigenvalue weighted by molar-refractivity contribution is -0.120. The number of benzene rings is 1. The summed E-state index contributed by atoms with van der Waals surface area (Å²) in [6.07, 6.45) is 2.14. The third-order valence-electron chi connectivity index (χ3n) is 2.72. The molecule has 6 heteroatoms. The zero-order valence-electron chi connectivity index (χ0n) is 10.4. The van der Waals surface area contributed by atoms with Gasteiger partial charge in [0.15, 0.2) is 5.11 Å². The lowest BCUT2D eigenvalue weighted by atomic mass is 10.2. The predicted octanol–water partition coefficient (Wildman–Crippen LogP) is 1.07. The van der Waals surface area contributed by atoms with Gasteiger partial charge in [-0.2, -0.15) is 0 Å². The highest BCUT2D eigenvalue weighted by molar-refractivity contribution is 7.80. The summed E-state index contributed by atoms with van der Waals surface area (Å²) < 4.78 is 12.7. The third-order valence-corrected chi connectivity index (χ3v) is 3.01. The molecule has 1 saturated carbocycles. The van der Waals surface area contributed by atoms with E-state index in [4.69, 9.17) is 12.2 Å². The second kappa shape index (κ2) is 6.47. The summed E-state index contributed by atoms with van der Waals surface area (Å²) in [5.74, 6) is -0.311. The summed E-state index contributed by atoms with van der Waals surface area (Å²) in [7, 11) is 0. The highest BCUT2D eigenvalue weighted by Crippen LogP contribution is 2.18. The number of thiocarbonyl (C=S) groups is 1. The van der Waals surface area contributed by atoms with Crippen molar-refractivity contribution in [3.8, 4) is 0 Å². The monoisotopic (exact) mass is 281 g/mol. The highest BCUT2D eigenvalue weighted by Gasteiger charge is 2.22. The third kappa shape index (κ3) is 5.21. The topological polar surface area (TPSA) is 53.2 Å². The molecule has 0 atom stereocenters. The van der Waals surface area contributed by atoms with Gasteiger partial charge in [0.25, 0.3) is 0 Å². The molecule has 2 rings (SSSR count). The van der Waals surface area contributed by atoms with Crippen LogP contribution in [0.2, 0.25) is 0 Å². The molecule has 0 bridgehead atoms. The van der Waals surface area contributed by atoms with Crippen molar-refractivity contribution >= 4 is 23.2 Å². The normalized spacial score (nSPS) is 13.7. The van der Waals surface area contributed by atoms with Gasteiger partial charge in [-0.1, -0.05) is 12.1 Å². The Morgan fingerprint density at radius 3 is 2.58 bits per heavy atom. The van der Waals surface area contributed by atoms with Crippen molar-refractivity contribution in [3.63, 3.8) is 0 Å². The Bertz CT molecular complexity index is 459. The first-order chi connectivity index (χ1) is 9.13. The minimum absolute atomic E-state index is 0.0477. The Kier molecular flexibility index (Phi) is 4.68. The maximum Gasteiger partial charge on any atom is 0.239 e. The van der Waals surface area contributed by atoms with Gasteiger partial charge in [0.1, 0.15) is 5.82 Å². The molecule has 0 heterocycles. The van der Waals surface area contributed by atoms with Gasteiger partial charge in [-0.15, -0.1) is 0 Å². The van der Waals surface area contributed by atoms with Crippen LogP contribution < -0.4 is 16.0 Å². The molecule has 0 aromatic heterocycles. The molecule has 0 spiro atoms. The molecule has 4 nitrogen and oxygen atoms in total. The van der Waals surface area contributed by atoms with E-state index in [0.29, 0.717) is 17.7 Å². The van der Waals surface area contributed by atoms with Crippen LogP contribution in [0.1, 0.15) is 18.4 Å². The lowest BCUT2D eigenvalue weighted by Crippen LogP contribution is -2.42. The number of hydrogen-bond acceptors (Lipinski definition) is 2. The first-order valence-corrected chi connectivity index (χ1v) is 6.60. The molecule has 0 aliphatic heterocycles. The van der Waals surface area contributed by atoms with Crippen molar-refractivity contribution in [1.29, 1.82) is 0 Å². The summed E-state index contributed by atoms with van der Waals surface area (Å²) in [6.45, 7) is 0.669. The second-order valence-corrected chi connectivity index (χ2v) is 4.91. The van der Waals surface area contributed by atoms with Crippen LogP contribution in [0.3, 0.4) is 0 Å². The molecular weight excluding hydrogens is 265 g/mol. The van der Waals surface area contributed by atoms with Gasteiger partial charge in [-0.25, -0.2) is 4.39 Å². The molecule has 0 unspecified atom stereocenters. The van der Waals surface area contributed by atoms with Gasteiger partial charge < -0.3 is 16.0 Å². The molecule has 1 aromatic rings. The fourth-order valence-corrected chi connectivity index (χ4v) is 1.66. The molecular formula is C13H16FN3OS. The Hall–Kier alpha value is -1.69. The summed E-state index contributed by atoms with van der Waals surface area (Å²) in [5.41, 5.74) is 0.924. The van der Waals surface area contributed by atoms with Crippen molar-refractivity contribution in [2.45, 2.75) is 25.4 Å². The minimum Gasteiger partial charge on any atom is -0.359 e. The summed E-state index contributed by atoms with van der Waals surface area (Å²) in [6, 6.07) is 6.53. The van der Waals surface area contributed by atoms with Crippen molar-refractivity contribution in [2.24, 2.45) is 0 Å². The largest absolute Gasteiger partial charge is 0.359 e. The summed E-state index contributed by atoms with van der Waals surface area (Å²) >= 11 is 5.05. The lowest BCUT2D eigenvalue weighted by Gasteiger charge is -2.10. The van der Waals surface area contributed by atoms with E-state index in [2.05, 4.69) is 16.0 Å². The van der Waals surface area contributed by atoms with Crippen LogP contribution in [0.25, 0.3) is 0 Å². The van der Waals surface area contributed by atoms with Crippen LogP contribution in [-0.4, -0.2) is 23.6 Å². The predicted molar refractivity (Wildman–Crippen MR) is 75.0 cm³/mol. The maximum absolute atomic E-state index is 12.7. The zero-order valence-corrected chi connectivity index (χ0v) is 11.2. The number of halogens is 1. The van der Waals surface area contributed by atoms with E-state index in [1.807, 2.05) is 0 Å². The van der Waals surface area contributed by atoms with E-state index in [-0.39, 0.29) is 18.3 Å². The summed E-state index contributed by atoms with van der Waals surface area (Å²) in [4.78, 5) is 11.4. The summed E-state index contributed by atoms with van der Waals surface area (Å²) in [5, 5.41) is 9.06. The van der Waals surface area contributed by atoms with Gasteiger partial charge >= 0.3 is 0 Å². The van der Waals surface area contributed by atoms with Gasteiger partial charge in [0.05, 0.1) is 6.54 Å². The number of amides is 1. The number of hydrogen-bond donors (Lipinski definition) is 3. The highest BCUT2D eigenvalue weighted by atomic mass is 32.1. The van der Waals surface area contributed by atoms with Crippen LogP contribution in [0.5, 0.6) is 0 Å². The van der Waals surface area contributed by atoms with Crippen molar-refractivity contribution in [3.05, 3.63) is 35.6 Å². The van der Waals surface area contributed by atoms with Crippen LogP contribution >= 0.6 is 12.2 Å². The van der Waals surface area contributed by atoms with Gasteiger partial charge in [0.2, 0.25) is 5.91 Å². The fraction of sp³-hybridized carbons (Fsp3) is 0.385.